The van der Waals surface area contributed by atoms with E-state index in [1.165, 1.54) is 27.6 Å². The normalized spacial score (nSPS) is 13.9. The van der Waals surface area contributed by atoms with Gasteiger partial charge in [0.05, 0.1) is 6.54 Å². The van der Waals surface area contributed by atoms with E-state index in [0.717, 1.165) is 44.0 Å². The molecule has 1 fully saturated rings. The number of benzene rings is 2. The third-order valence-electron chi connectivity index (χ3n) is 6.01. The molecule has 0 aliphatic carbocycles. The van der Waals surface area contributed by atoms with Gasteiger partial charge >= 0.3 is 0 Å². The van der Waals surface area contributed by atoms with Crippen LogP contribution in [0.15, 0.2) is 53.7 Å². The van der Waals surface area contributed by atoms with E-state index >= 15 is 0 Å². The van der Waals surface area contributed by atoms with Crippen LogP contribution in [0.5, 0.6) is 0 Å². The molecule has 7 heteroatoms. The molecule has 1 amide bonds. The Labute approximate surface area is 213 Å². The quantitative estimate of drug-likeness (QED) is 0.216. The Kier molecular flexibility index (Phi) is 9.17. The Hall–Kier alpha value is -2.55. The minimum absolute atomic E-state index is 0. The number of likely N-dealkylation sites (tertiary alicyclic amines) is 1. The highest BCUT2D eigenvalue weighted by atomic mass is 127. The number of hydrogen-bond acceptors (Lipinski definition) is 2. The maximum atomic E-state index is 12.0. The first kappa shape index (κ1) is 25.1. The van der Waals surface area contributed by atoms with Crippen molar-refractivity contribution in [2.45, 2.75) is 46.2 Å². The van der Waals surface area contributed by atoms with Crippen molar-refractivity contribution in [2.24, 2.45) is 4.99 Å². The van der Waals surface area contributed by atoms with Crippen LogP contribution in [0.4, 0.5) is 0 Å². The van der Waals surface area contributed by atoms with Crippen LogP contribution in [0, 0.1) is 6.92 Å². The van der Waals surface area contributed by atoms with Crippen LogP contribution in [0.25, 0.3) is 10.9 Å². The lowest BCUT2D eigenvalue weighted by Crippen LogP contribution is -2.38. The monoisotopic (exact) mass is 559 g/mol. The third-order valence-corrected chi connectivity index (χ3v) is 6.01. The topological polar surface area (TPSA) is 72.5 Å². The molecule has 2 aromatic carbocycles. The third kappa shape index (κ3) is 6.50. The van der Waals surface area contributed by atoms with E-state index in [2.05, 4.69) is 66.0 Å². The number of fused-ring (bicyclic) bond motifs is 1. The predicted molar refractivity (Wildman–Crippen MR) is 146 cm³/mol. The van der Waals surface area contributed by atoms with Crippen LogP contribution in [0.3, 0.4) is 0 Å². The lowest BCUT2D eigenvalue weighted by atomic mass is 10.1. The summed E-state index contributed by atoms with van der Waals surface area (Å²) in [4.78, 5) is 22.2. The molecule has 0 bridgehead atoms. The van der Waals surface area contributed by atoms with E-state index in [9.17, 15) is 4.79 Å². The Morgan fingerprint density at radius 2 is 1.94 bits per heavy atom. The van der Waals surface area contributed by atoms with E-state index < -0.39 is 0 Å². The fourth-order valence-electron chi connectivity index (χ4n) is 4.27. The minimum Gasteiger partial charge on any atom is -0.361 e. The molecule has 4 rings (SSSR count). The Morgan fingerprint density at radius 1 is 1.12 bits per heavy atom. The standard InChI is InChI=1S/C26H33N5O.HI/c1-3-27-26(28-13-12-21-17-29-24-15-19(2)10-11-23(21)24)30-16-20-7-4-5-8-22(20)18-31-14-6-9-25(31)32;/h4-5,7-8,10-11,15,17,29H,3,6,9,12-14,16,18H2,1-2H3,(H2,27,28,30);1H. The number of aromatic nitrogens is 1. The van der Waals surface area contributed by atoms with Gasteiger partial charge in [-0.2, -0.15) is 0 Å². The molecule has 1 aromatic heterocycles. The zero-order valence-electron chi connectivity index (χ0n) is 19.5. The molecule has 1 saturated heterocycles. The van der Waals surface area contributed by atoms with Crippen molar-refractivity contribution in [1.82, 2.24) is 20.5 Å². The summed E-state index contributed by atoms with van der Waals surface area (Å²) in [5.41, 5.74) is 6.10. The summed E-state index contributed by atoms with van der Waals surface area (Å²) in [6.45, 7) is 7.91. The molecule has 3 aromatic rings. The molecule has 1 aliphatic rings. The van der Waals surface area contributed by atoms with Crippen LogP contribution < -0.4 is 10.6 Å². The number of aliphatic imine (C=N–C) groups is 1. The van der Waals surface area contributed by atoms with Gasteiger partial charge in [0.2, 0.25) is 5.91 Å². The predicted octanol–water partition coefficient (Wildman–Crippen LogP) is 4.51. The molecule has 0 atom stereocenters. The molecular formula is C26H34IN5O. The lowest BCUT2D eigenvalue weighted by molar-refractivity contribution is -0.128. The van der Waals surface area contributed by atoms with Gasteiger partial charge in [-0.1, -0.05) is 36.4 Å². The zero-order valence-corrected chi connectivity index (χ0v) is 21.8. The van der Waals surface area contributed by atoms with E-state index in [4.69, 9.17) is 4.99 Å². The van der Waals surface area contributed by atoms with Crippen LogP contribution in [-0.2, 0) is 24.3 Å². The maximum absolute atomic E-state index is 12.0. The number of carbonyl (C=O) groups is 1. The molecule has 33 heavy (non-hydrogen) atoms. The van der Waals surface area contributed by atoms with Gasteiger partial charge in [0.1, 0.15) is 0 Å². The lowest BCUT2D eigenvalue weighted by Gasteiger charge is -2.18. The molecule has 0 saturated carbocycles. The zero-order chi connectivity index (χ0) is 22.3. The summed E-state index contributed by atoms with van der Waals surface area (Å²) in [7, 11) is 0. The van der Waals surface area contributed by atoms with E-state index in [1.54, 1.807) is 0 Å². The fraction of sp³-hybridized carbons (Fsp3) is 0.385. The van der Waals surface area contributed by atoms with Crippen molar-refractivity contribution in [1.29, 1.82) is 0 Å². The van der Waals surface area contributed by atoms with Crippen LogP contribution in [0.1, 0.15) is 42.0 Å². The maximum Gasteiger partial charge on any atom is 0.222 e. The number of nitrogens with one attached hydrogen (secondary N) is 3. The SMILES string of the molecule is CCNC(=NCc1ccccc1CN1CCCC1=O)NCCc1c[nH]c2cc(C)ccc12.I. The molecule has 1 aliphatic heterocycles. The van der Waals surface area contributed by atoms with Gasteiger partial charge in [-0.25, -0.2) is 4.99 Å². The van der Waals surface area contributed by atoms with Crippen LogP contribution in [-0.4, -0.2) is 41.4 Å². The van der Waals surface area contributed by atoms with Gasteiger partial charge in [0.25, 0.3) is 0 Å². The summed E-state index contributed by atoms with van der Waals surface area (Å²) < 4.78 is 0. The van der Waals surface area contributed by atoms with Gasteiger partial charge in [-0.3, -0.25) is 4.79 Å². The molecule has 2 heterocycles. The number of rotatable bonds is 8. The number of carbonyl (C=O) groups excluding carboxylic acids is 1. The number of amides is 1. The number of halogens is 1. The van der Waals surface area contributed by atoms with Crippen molar-refractivity contribution >= 4 is 46.7 Å². The van der Waals surface area contributed by atoms with Crippen molar-refractivity contribution < 1.29 is 4.79 Å². The van der Waals surface area contributed by atoms with E-state index in [1.807, 2.05) is 17.0 Å². The second-order valence-electron chi connectivity index (χ2n) is 8.42. The van der Waals surface area contributed by atoms with Crippen molar-refractivity contribution in [3.8, 4) is 0 Å². The van der Waals surface area contributed by atoms with Gasteiger partial charge in [0.15, 0.2) is 5.96 Å². The Morgan fingerprint density at radius 3 is 2.70 bits per heavy atom. The highest BCUT2D eigenvalue weighted by Crippen LogP contribution is 2.20. The average Bonchev–Trinajstić information content (AvgIpc) is 3.38. The van der Waals surface area contributed by atoms with Crippen molar-refractivity contribution in [3.63, 3.8) is 0 Å². The van der Waals surface area contributed by atoms with E-state index in [-0.39, 0.29) is 29.9 Å². The van der Waals surface area contributed by atoms with Crippen LogP contribution in [0.2, 0.25) is 0 Å². The van der Waals surface area contributed by atoms with Crippen molar-refractivity contribution in [3.05, 3.63) is 70.9 Å². The van der Waals surface area contributed by atoms with Gasteiger partial charge in [-0.05, 0) is 55.0 Å². The first-order valence-electron chi connectivity index (χ1n) is 11.6. The number of guanidine groups is 1. The van der Waals surface area contributed by atoms with Crippen LogP contribution >= 0.6 is 24.0 Å². The minimum atomic E-state index is 0. The number of nitrogens with zero attached hydrogens (tertiary/aromatic N) is 2. The smallest absolute Gasteiger partial charge is 0.222 e. The summed E-state index contributed by atoms with van der Waals surface area (Å²) in [5.74, 6) is 1.07. The second kappa shape index (κ2) is 12.1. The first-order chi connectivity index (χ1) is 15.6. The number of hydrogen-bond donors (Lipinski definition) is 3. The summed E-state index contributed by atoms with van der Waals surface area (Å²) in [6.07, 6.45) is 4.65. The Balaban J connectivity index is 0.00000306. The highest BCUT2D eigenvalue weighted by Gasteiger charge is 2.20. The molecular weight excluding hydrogens is 525 g/mol. The van der Waals surface area contributed by atoms with Gasteiger partial charge in [0, 0.05) is 49.7 Å². The molecule has 0 unspecified atom stereocenters. The largest absolute Gasteiger partial charge is 0.361 e. The summed E-state index contributed by atoms with van der Waals surface area (Å²) in [5, 5.41) is 8.09. The van der Waals surface area contributed by atoms with Gasteiger partial charge < -0.3 is 20.5 Å². The first-order valence-corrected chi connectivity index (χ1v) is 11.6. The number of aryl methyl sites for hydroxylation is 1. The molecule has 176 valence electrons. The van der Waals surface area contributed by atoms with Gasteiger partial charge in [-0.15, -0.1) is 24.0 Å². The number of aromatic amines is 1. The number of H-pyrrole nitrogens is 1. The summed E-state index contributed by atoms with van der Waals surface area (Å²) in [6, 6.07) is 14.8. The second-order valence-corrected chi connectivity index (χ2v) is 8.42. The summed E-state index contributed by atoms with van der Waals surface area (Å²) >= 11 is 0. The molecule has 0 spiro atoms. The molecule has 6 nitrogen and oxygen atoms in total. The molecule has 0 radical (unpaired) electrons. The average molecular weight is 559 g/mol. The Bertz CT molecular complexity index is 1110. The fourth-order valence-corrected chi connectivity index (χ4v) is 4.27. The van der Waals surface area contributed by atoms with E-state index in [0.29, 0.717) is 19.5 Å². The highest BCUT2D eigenvalue weighted by molar-refractivity contribution is 14.0. The molecule has 3 N–H and O–H groups in total. The van der Waals surface area contributed by atoms with Crippen molar-refractivity contribution in [2.75, 3.05) is 19.6 Å².